The van der Waals surface area contributed by atoms with Gasteiger partial charge in [0.25, 0.3) is 11.6 Å². The quantitative estimate of drug-likeness (QED) is 0.427. The average Bonchev–Trinajstić information content (AvgIpc) is 2.51. The molecule has 0 saturated heterocycles. The van der Waals surface area contributed by atoms with E-state index >= 15 is 0 Å². The minimum atomic E-state index is -4.75. The summed E-state index contributed by atoms with van der Waals surface area (Å²) in [5, 5.41) is 16.2. The monoisotopic (exact) mass is 405 g/mol. The Morgan fingerprint density at radius 1 is 1.18 bits per heavy atom. The Labute approximate surface area is 159 Å². The summed E-state index contributed by atoms with van der Waals surface area (Å²) in [4.78, 5) is 34.2. The van der Waals surface area contributed by atoms with E-state index in [4.69, 9.17) is 4.74 Å². The second-order valence-electron chi connectivity index (χ2n) is 7.17. The molecule has 2 atom stereocenters. The van der Waals surface area contributed by atoms with Crippen molar-refractivity contribution in [2.24, 2.45) is 0 Å². The molecule has 11 heteroatoms. The second-order valence-corrected chi connectivity index (χ2v) is 7.17. The van der Waals surface area contributed by atoms with E-state index in [-0.39, 0.29) is 5.69 Å². The molecule has 1 amide bonds. The number of amides is 1. The summed E-state index contributed by atoms with van der Waals surface area (Å²) in [6, 6.07) is 0.743. The van der Waals surface area contributed by atoms with Crippen molar-refractivity contribution in [3.63, 3.8) is 0 Å². The summed E-state index contributed by atoms with van der Waals surface area (Å²) >= 11 is 0. The van der Waals surface area contributed by atoms with Crippen molar-refractivity contribution < 1.29 is 32.4 Å². The van der Waals surface area contributed by atoms with Crippen LogP contribution in [0.3, 0.4) is 0 Å². The van der Waals surface area contributed by atoms with Gasteiger partial charge in [-0.2, -0.15) is 13.2 Å². The molecule has 2 N–H and O–H groups in total. The molecule has 0 aliphatic carbocycles. The van der Waals surface area contributed by atoms with E-state index in [0.717, 1.165) is 6.07 Å². The predicted octanol–water partition coefficient (Wildman–Crippen LogP) is 3.26. The number of carbonyl (C=O) groups is 2. The molecule has 0 aromatic heterocycles. The van der Waals surface area contributed by atoms with Crippen LogP contribution in [0.25, 0.3) is 0 Å². The van der Waals surface area contributed by atoms with Crippen LogP contribution in [0.15, 0.2) is 18.2 Å². The van der Waals surface area contributed by atoms with Gasteiger partial charge < -0.3 is 15.4 Å². The molecule has 156 valence electrons. The van der Waals surface area contributed by atoms with Crippen LogP contribution in [-0.4, -0.2) is 34.5 Å². The van der Waals surface area contributed by atoms with Gasteiger partial charge in [0.1, 0.15) is 11.7 Å². The number of hydrogen-bond donors (Lipinski definition) is 2. The highest BCUT2D eigenvalue weighted by Crippen LogP contribution is 2.35. The lowest BCUT2D eigenvalue weighted by Crippen LogP contribution is -2.47. The fraction of sp³-hybridized carbons (Fsp3) is 0.529. The standard InChI is InChI=1S/C17H22F3N3O5/c1-9(15(25)28-10(2)14(24)22-16(3,4)5)21-12-7-6-11(17(18,19)20)8-13(12)23(26)27/h6-10,21H,1-5H3,(H,22,24)/t9-,10+/m0/s1. The first kappa shape index (κ1) is 23.2. The third-order valence-corrected chi connectivity index (χ3v) is 3.41. The number of alkyl halides is 3. The summed E-state index contributed by atoms with van der Waals surface area (Å²) in [5.41, 5.74) is -2.85. The number of hydrogen-bond acceptors (Lipinski definition) is 6. The zero-order valence-corrected chi connectivity index (χ0v) is 16.0. The molecule has 1 aromatic rings. The van der Waals surface area contributed by atoms with Gasteiger partial charge in [0.05, 0.1) is 10.5 Å². The zero-order valence-electron chi connectivity index (χ0n) is 16.0. The number of nitrogens with one attached hydrogen (secondary N) is 2. The van der Waals surface area contributed by atoms with Gasteiger partial charge in [-0.15, -0.1) is 0 Å². The number of anilines is 1. The highest BCUT2D eigenvalue weighted by molar-refractivity contribution is 5.86. The molecule has 0 saturated carbocycles. The third-order valence-electron chi connectivity index (χ3n) is 3.41. The normalized spacial score (nSPS) is 14.0. The summed E-state index contributed by atoms with van der Waals surface area (Å²) in [6.07, 6.45) is -5.87. The van der Waals surface area contributed by atoms with E-state index in [0.29, 0.717) is 12.1 Å². The molecular weight excluding hydrogens is 383 g/mol. The molecular formula is C17H22F3N3O5. The second kappa shape index (κ2) is 8.44. The van der Waals surface area contributed by atoms with Gasteiger partial charge in [-0.05, 0) is 46.8 Å². The van der Waals surface area contributed by atoms with Gasteiger partial charge in [-0.25, -0.2) is 4.79 Å². The van der Waals surface area contributed by atoms with E-state index in [1.54, 1.807) is 20.8 Å². The Hall–Kier alpha value is -2.85. The fourth-order valence-corrected chi connectivity index (χ4v) is 2.07. The van der Waals surface area contributed by atoms with Gasteiger partial charge >= 0.3 is 12.1 Å². The Bertz CT molecular complexity index is 759. The number of benzene rings is 1. The van der Waals surface area contributed by atoms with E-state index < -0.39 is 51.9 Å². The van der Waals surface area contributed by atoms with Gasteiger partial charge in [0.15, 0.2) is 6.10 Å². The Morgan fingerprint density at radius 3 is 2.21 bits per heavy atom. The van der Waals surface area contributed by atoms with Crippen molar-refractivity contribution in [2.45, 2.75) is 58.5 Å². The maximum atomic E-state index is 12.7. The minimum Gasteiger partial charge on any atom is -0.451 e. The van der Waals surface area contributed by atoms with Crippen LogP contribution in [0.1, 0.15) is 40.2 Å². The number of carbonyl (C=O) groups excluding carboxylic acids is 2. The van der Waals surface area contributed by atoms with E-state index in [1.807, 2.05) is 0 Å². The molecule has 0 spiro atoms. The zero-order chi connectivity index (χ0) is 21.9. The van der Waals surface area contributed by atoms with Crippen LogP contribution >= 0.6 is 0 Å². The lowest BCUT2D eigenvalue weighted by atomic mass is 10.1. The van der Waals surface area contributed by atoms with Crippen LogP contribution in [0.4, 0.5) is 24.5 Å². The molecule has 1 aromatic carbocycles. The van der Waals surface area contributed by atoms with Gasteiger partial charge in [0.2, 0.25) is 0 Å². The topological polar surface area (TPSA) is 111 Å². The van der Waals surface area contributed by atoms with Crippen LogP contribution < -0.4 is 10.6 Å². The molecule has 0 aliphatic heterocycles. The van der Waals surface area contributed by atoms with Crippen molar-refractivity contribution >= 4 is 23.3 Å². The van der Waals surface area contributed by atoms with Crippen molar-refractivity contribution in [1.29, 1.82) is 0 Å². The Balaban J connectivity index is 2.89. The number of nitro groups is 1. The fourth-order valence-electron chi connectivity index (χ4n) is 2.07. The molecule has 0 fully saturated rings. The molecule has 0 bridgehead atoms. The van der Waals surface area contributed by atoms with Crippen molar-refractivity contribution in [2.75, 3.05) is 5.32 Å². The van der Waals surface area contributed by atoms with Crippen LogP contribution in [0, 0.1) is 10.1 Å². The number of rotatable bonds is 6. The molecule has 0 aliphatic rings. The van der Waals surface area contributed by atoms with E-state index in [1.165, 1.54) is 13.8 Å². The third kappa shape index (κ3) is 6.71. The lowest BCUT2D eigenvalue weighted by molar-refractivity contribution is -0.384. The Kier molecular flexibility index (Phi) is 6.99. The molecule has 0 heterocycles. The first-order valence-electron chi connectivity index (χ1n) is 8.26. The van der Waals surface area contributed by atoms with Crippen molar-refractivity contribution in [1.82, 2.24) is 5.32 Å². The first-order chi connectivity index (χ1) is 12.6. The lowest BCUT2D eigenvalue weighted by Gasteiger charge is -2.24. The summed E-state index contributed by atoms with van der Waals surface area (Å²) in [7, 11) is 0. The number of esters is 1. The summed E-state index contributed by atoms with van der Waals surface area (Å²) < 4.78 is 43.2. The first-order valence-corrected chi connectivity index (χ1v) is 8.26. The highest BCUT2D eigenvalue weighted by Gasteiger charge is 2.33. The molecule has 8 nitrogen and oxygen atoms in total. The number of ether oxygens (including phenoxy) is 1. The average molecular weight is 405 g/mol. The largest absolute Gasteiger partial charge is 0.451 e. The number of halogens is 3. The molecule has 1 rings (SSSR count). The van der Waals surface area contributed by atoms with Crippen LogP contribution in [-0.2, 0) is 20.5 Å². The number of nitro benzene ring substituents is 1. The van der Waals surface area contributed by atoms with Gasteiger partial charge in [-0.1, -0.05) is 0 Å². The SMILES string of the molecule is C[C@H](Nc1ccc(C(F)(F)F)cc1[N+](=O)[O-])C(=O)O[C@H](C)C(=O)NC(C)(C)C. The maximum absolute atomic E-state index is 12.7. The minimum absolute atomic E-state index is 0.283. The molecule has 0 radical (unpaired) electrons. The number of nitrogens with zero attached hydrogens (tertiary/aromatic N) is 1. The molecule has 0 unspecified atom stereocenters. The molecule has 28 heavy (non-hydrogen) atoms. The smallest absolute Gasteiger partial charge is 0.416 e. The van der Waals surface area contributed by atoms with Gasteiger partial charge in [0, 0.05) is 11.6 Å². The predicted molar refractivity (Wildman–Crippen MR) is 94.6 cm³/mol. The summed E-state index contributed by atoms with van der Waals surface area (Å²) in [5.74, 6) is -1.43. The van der Waals surface area contributed by atoms with Gasteiger partial charge in [-0.3, -0.25) is 14.9 Å². The van der Waals surface area contributed by atoms with Crippen molar-refractivity contribution in [3.8, 4) is 0 Å². The maximum Gasteiger partial charge on any atom is 0.416 e. The van der Waals surface area contributed by atoms with Crippen LogP contribution in [0.2, 0.25) is 0 Å². The Morgan fingerprint density at radius 2 is 1.75 bits per heavy atom. The highest BCUT2D eigenvalue weighted by atomic mass is 19.4. The van der Waals surface area contributed by atoms with Crippen LogP contribution in [0.5, 0.6) is 0 Å². The van der Waals surface area contributed by atoms with E-state index in [2.05, 4.69) is 10.6 Å². The van der Waals surface area contributed by atoms with Crippen molar-refractivity contribution in [3.05, 3.63) is 33.9 Å². The van der Waals surface area contributed by atoms with E-state index in [9.17, 15) is 32.9 Å². The summed E-state index contributed by atoms with van der Waals surface area (Å²) in [6.45, 7) is 7.89.